The van der Waals surface area contributed by atoms with E-state index in [1.165, 1.54) is 0 Å². The maximum absolute atomic E-state index is 13.7. The van der Waals surface area contributed by atoms with Crippen molar-refractivity contribution in [2.75, 3.05) is 44.2 Å². The number of nitrogens with two attached hydrogens (primary N) is 1. The van der Waals surface area contributed by atoms with Gasteiger partial charge in [0, 0.05) is 56.5 Å². The van der Waals surface area contributed by atoms with Crippen LogP contribution < -0.4 is 11.1 Å². The molecule has 39 heavy (non-hydrogen) atoms. The second-order valence-electron chi connectivity index (χ2n) is 13.8. The molecular weight excluding hydrogens is 516 g/mol. The van der Waals surface area contributed by atoms with Crippen LogP contribution >= 0.6 is 11.8 Å². The molecule has 0 bridgehead atoms. The lowest BCUT2D eigenvalue weighted by Gasteiger charge is -2.47. The van der Waals surface area contributed by atoms with Gasteiger partial charge < -0.3 is 25.4 Å². The molecule has 2 fully saturated rings. The number of hydrogen-bond acceptors (Lipinski definition) is 9. The van der Waals surface area contributed by atoms with Crippen molar-refractivity contribution in [3.63, 3.8) is 0 Å². The number of nitrogens with one attached hydrogen (secondary N) is 1. The molecule has 10 nitrogen and oxygen atoms in total. The van der Waals surface area contributed by atoms with Crippen LogP contribution in [0.1, 0.15) is 61.8 Å². The van der Waals surface area contributed by atoms with E-state index in [2.05, 4.69) is 39.9 Å². The number of aliphatic hydroxyl groups is 1. The quantitative estimate of drug-likeness (QED) is 0.418. The van der Waals surface area contributed by atoms with Crippen molar-refractivity contribution in [2.24, 2.45) is 33.9 Å². The number of rotatable bonds is 6. The van der Waals surface area contributed by atoms with Crippen LogP contribution in [0.2, 0.25) is 0 Å². The van der Waals surface area contributed by atoms with E-state index in [4.69, 9.17) is 15.5 Å². The lowest BCUT2D eigenvalue weighted by atomic mass is 9.88. The van der Waals surface area contributed by atoms with Gasteiger partial charge in [0.05, 0.1) is 18.0 Å². The number of aliphatic imine (C=N–C) groups is 1. The molecule has 0 aromatic rings. The Kier molecular flexibility index (Phi) is 10.8. The smallest absolute Gasteiger partial charge is 0.410 e. The molecule has 6 atom stereocenters. The van der Waals surface area contributed by atoms with Gasteiger partial charge in [-0.15, -0.1) is 0 Å². The second kappa shape index (κ2) is 13.1. The minimum absolute atomic E-state index is 0.0816. The summed E-state index contributed by atoms with van der Waals surface area (Å²) in [5.41, 5.74) is 5.79. The summed E-state index contributed by atoms with van der Waals surface area (Å²) in [6.07, 6.45) is 0.371. The average Bonchev–Trinajstić information content (AvgIpc) is 2.85. The molecule has 0 radical (unpaired) electrons. The summed E-state index contributed by atoms with van der Waals surface area (Å²) < 4.78 is 5.72. The second-order valence-corrected chi connectivity index (χ2v) is 15.0. The molecule has 0 spiro atoms. The first kappa shape index (κ1) is 32.1. The lowest BCUT2D eigenvalue weighted by molar-refractivity contribution is -0.140. The fourth-order valence-electron chi connectivity index (χ4n) is 5.48. The highest BCUT2D eigenvalue weighted by atomic mass is 32.2. The van der Waals surface area contributed by atoms with Crippen molar-refractivity contribution in [1.82, 2.24) is 20.0 Å². The summed E-state index contributed by atoms with van der Waals surface area (Å²) in [5.74, 6) is 1.38. The number of carbonyl (C=O) groups excluding carboxylic acids is 2. The largest absolute Gasteiger partial charge is 0.444 e. The molecule has 0 aromatic carbocycles. The Bertz CT molecular complexity index is 867. The molecule has 11 heteroatoms. The number of hydrogen-bond donors (Lipinski definition) is 3. The Hall–Kier alpha value is -1.40. The molecule has 3 heterocycles. The van der Waals surface area contributed by atoms with Gasteiger partial charge in [0.2, 0.25) is 5.91 Å². The third-order valence-electron chi connectivity index (χ3n) is 7.47. The van der Waals surface area contributed by atoms with E-state index in [1.807, 2.05) is 42.3 Å². The summed E-state index contributed by atoms with van der Waals surface area (Å²) in [7, 11) is 0. The lowest BCUT2D eigenvalue weighted by Crippen LogP contribution is -2.64. The zero-order valence-corrected chi connectivity index (χ0v) is 26.0. The molecule has 224 valence electrons. The number of thioether (sulfide) groups is 1. The van der Waals surface area contributed by atoms with E-state index in [-0.39, 0.29) is 35.4 Å². The van der Waals surface area contributed by atoms with E-state index in [9.17, 15) is 14.7 Å². The van der Waals surface area contributed by atoms with Crippen molar-refractivity contribution in [1.29, 1.82) is 0 Å². The number of ether oxygens (including phenoxy) is 1. The molecule has 0 aliphatic carbocycles. The van der Waals surface area contributed by atoms with Crippen LogP contribution in [-0.4, -0.2) is 112 Å². The van der Waals surface area contributed by atoms with Crippen LogP contribution in [0, 0.1) is 23.2 Å². The SMILES string of the molecule is CC(C)CN(C(O)C1C=NC(C(C)(C)C)NC1N)[C@H]1C[C@@H](C(=O)N2CCSCC2)CN(C(=O)OC(C)(C)C)C1. The number of piperidine rings is 1. The molecule has 4 unspecified atom stereocenters. The first-order valence-electron chi connectivity index (χ1n) is 14.4. The van der Waals surface area contributed by atoms with Crippen LogP contribution in [0.25, 0.3) is 0 Å². The van der Waals surface area contributed by atoms with E-state index in [0.717, 1.165) is 24.6 Å². The zero-order chi connectivity index (χ0) is 29.1. The standard InChI is InChI=1S/C28H52N6O4S/c1-18(2)15-34(24(36)21-14-30-25(27(3,4)5)31-22(21)29)20-13-19(23(35)32-9-11-39-12-10-32)16-33(17-20)26(37)38-28(6,7)8/h14,18-22,24-25,31,36H,9-13,15-17,29H2,1-8H3/t19-,20+,21?,22?,24?,25?/m1/s1. The molecule has 4 N–H and O–H groups in total. The highest BCUT2D eigenvalue weighted by Crippen LogP contribution is 2.30. The van der Waals surface area contributed by atoms with Gasteiger partial charge in [0.25, 0.3) is 0 Å². The van der Waals surface area contributed by atoms with E-state index in [0.29, 0.717) is 26.1 Å². The van der Waals surface area contributed by atoms with Crippen molar-refractivity contribution in [2.45, 2.75) is 92.0 Å². The number of aliphatic hydroxyl groups excluding tert-OH is 1. The van der Waals surface area contributed by atoms with Crippen LogP contribution in [-0.2, 0) is 9.53 Å². The molecule has 2 saturated heterocycles. The van der Waals surface area contributed by atoms with Gasteiger partial charge in [-0.1, -0.05) is 34.6 Å². The van der Waals surface area contributed by atoms with Crippen LogP contribution in [0.4, 0.5) is 4.79 Å². The number of nitrogens with zero attached hydrogens (tertiary/aromatic N) is 4. The van der Waals surface area contributed by atoms with Gasteiger partial charge in [-0.3, -0.25) is 20.0 Å². The van der Waals surface area contributed by atoms with E-state index in [1.54, 1.807) is 11.1 Å². The minimum Gasteiger partial charge on any atom is -0.444 e. The van der Waals surface area contributed by atoms with Gasteiger partial charge in [-0.2, -0.15) is 11.8 Å². The third kappa shape index (κ3) is 8.79. The van der Waals surface area contributed by atoms with Crippen molar-refractivity contribution < 1.29 is 19.4 Å². The first-order valence-corrected chi connectivity index (χ1v) is 15.6. The first-order chi connectivity index (χ1) is 18.1. The topological polar surface area (TPSA) is 124 Å². The van der Waals surface area contributed by atoms with Gasteiger partial charge in [-0.25, -0.2) is 4.79 Å². The summed E-state index contributed by atoms with van der Waals surface area (Å²) in [6, 6.07) is -0.238. The Morgan fingerprint density at radius 2 is 1.79 bits per heavy atom. The Morgan fingerprint density at radius 1 is 1.15 bits per heavy atom. The van der Waals surface area contributed by atoms with Crippen LogP contribution in [0.3, 0.4) is 0 Å². The zero-order valence-electron chi connectivity index (χ0n) is 25.2. The molecule has 0 saturated carbocycles. The Balaban J connectivity index is 1.88. The highest BCUT2D eigenvalue weighted by Gasteiger charge is 2.44. The van der Waals surface area contributed by atoms with Gasteiger partial charge in [-0.05, 0) is 38.5 Å². The number of carbonyl (C=O) groups is 2. The summed E-state index contributed by atoms with van der Waals surface area (Å²) >= 11 is 1.86. The molecule has 2 amide bonds. The molecular formula is C28H52N6O4S. The molecule has 0 aromatic heterocycles. The highest BCUT2D eigenvalue weighted by molar-refractivity contribution is 7.99. The number of likely N-dealkylation sites (tertiary alicyclic amines) is 1. The third-order valence-corrected chi connectivity index (χ3v) is 8.42. The van der Waals surface area contributed by atoms with Crippen molar-refractivity contribution >= 4 is 30.0 Å². The predicted molar refractivity (Wildman–Crippen MR) is 157 cm³/mol. The normalized spacial score (nSPS) is 29.6. The Labute approximate surface area is 239 Å². The predicted octanol–water partition coefficient (Wildman–Crippen LogP) is 2.41. The van der Waals surface area contributed by atoms with Crippen LogP contribution in [0.15, 0.2) is 4.99 Å². The minimum atomic E-state index is -0.926. The fourth-order valence-corrected chi connectivity index (χ4v) is 6.38. The average molecular weight is 569 g/mol. The van der Waals surface area contributed by atoms with Crippen molar-refractivity contribution in [3.8, 4) is 0 Å². The van der Waals surface area contributed by atoms with Crippen molar-refractivity contribution in [3.05, 3.63) is 0 Å². The van der Waals surface area contributed by atoms with Crippen LogP contribution in [0.5, 0.6) is 0 Å². The maximum Gasteiger partial charge on any atom is 0.410 e. The monoisotopic (exact) mass is 568 g/mol. The van der Waals surface area contributed by atoms with Gasteiger partial charge in [0.1, 0.15) is 18.0 Å². The molecule has 3 aliphatic rings. The molecule has 3 rings (SSSR count). The Morgan fingerprint density at radius 3 is 2.33 bits per heavy atom. The van der Waals surface area contributed by atoms with Gasteiger partial charge in [0.15, 0.2) is 0 Å². The number of amides is 2. The summed E-state index contributed by atoms with van der Waals surface area (Å²) in [6.45, 7) is 18.8. The maximum atomic E-state index is 13.7. The summed E-state index contributed by atoms with van der Waals surface area (Å²) in [5, 5.41) is 15.1. The van der Waals surface area contributed by atoms with Gasteiger partial charge >= 0.3 is 6.09 Å². The van der Waals surface area contributed by atoms with E-state index < -0.39 is 30.0 Å². The molecule has 3 aliphatic heterocycles. The summed E-state index contributed by atoms with van der Waals surface area (Å²) in [4.78, 5) is 37.2. The fraction of sp³-hybridized carbons (Fsp3) is 0.893. The van der Waals surface area contributed by atoms with E-state index >= 15 is 0 Å².